The van der Waals surface area contributed by atoms with E-state index in [0.717, 1.165) is 78.7 Å². The maximum Gasteiger partial charge on any atom is 0.331 e. The molecule has 0 radical (unpaired) electrons. The van der Waals surface area contributed by atoms with Gasteiger partial charge in [0, 0.05) is 25.6 Å². The molecule has 1 heterocycles. The van der Waals surface area contributed by atoms with Crippen molar-refractivity contribution in [2.24, 2.45) is 0 Å². The number of urea groups is 1. The fraction of sp³-hybridized carbons (Fsp3) is 0.423. The molecule has 0 bridgehead atoms. The molecule has 2 aliphatic carbocycles. The minimum absolute atomic E-state index is 0.0677. The predicted octanol–water partition coefficient (Wildman–Crippen LogP) is 6.88. The van der Waals surface area contributed by atoms with E-state index in [1.165, 1.54) is 12.0 Å². The van der Waals surface area contributed by atoms with Gasteiger partial charge >= 0.3 is 18.0 Å². The number of imide groups is 1. The lowest BCUT2D eigenvalue weighted by Gasteiger charge is -2.37. The van der Waals surface area contributed by atoms with E-state index in [1.807, 2.05) is 60.7 Å². The number of rotatable bonds is 15. The number of carboxylic acids is 1. The molecule has 3 fully saturated rings. The van der Waals surface area contributed by atoms with E-state index in [0.29, 0.717) is 42.0 Å². The number of nitrogen functional groups attached to an aromatic ring is 1. The van der Waals surface area contributed by atoms with E-state index in [2.05, 4.69) is 10.6 Å². The van der Waals surface area contributed by atoms with Gasteiger partial charge < -0.3 is 40.6 Å². The van der Waals surface area contributed by atoms with Crippen molar-refractivity contribution in [3.05, 3.63) is 119 Å². The van der Waals surface area contributed by atoms with Gasteiger partial charge in [-0.3, -0.25) is 14.4 Å². The largest absolute Gasteiger partial charge is 0.497 e. The van der Waals surface area contributed by atoms with Gasteiger partial charge in [0.25, 0.3) is 5.91 Å². The normalized spacial score (nSPS) is 18.4. The maximum atomic E-state index is 13.6. The Morgan fingerprint density at radius 2 is 1.07 bits per heavy atom. The molecule has 15 nitrogen and oxygen atoms in total. The van der Waals surface area contributed by atoms with Gasteiger partial charge in [-0.15, -0.1) is 0 Å². The fourth-order valence-corrected chi connectivity index (χ4v) is 9.47. The lowest BCUT2D eigenvalue weighted by molar-refractivity contribution is -0.146. The molecule has 0 aromatic heterocycles. The summed E-state index contributed by atoms with van der Waals surface area (Å²) in [6.07, 6.45) is 9.08. The second-order valence-electron chi connectivity index (χ2n) is 17.7. The monoisotopic (exact) mass is 917 g/mol. The van der Waals surface area contributed by atoms with E-state index in [-0.39, 0.29) is 24.1 Å². The quantitative estimate of drug-likeness (QED) is 0.0550. The Morgan fingerprint density at radius 1 is 0.657 bits per heavy atom. The van der Waals surface area contributed by atoms with Gasteiger partial charge in [0.1, 0.15) is 29.6 Å². The van der Waals surface area contributed by atoms with E-state index < -0.39 is 46.9 Å². The third-order valence-electron chi connectivity index (χ3n) is 13.7. The van der Waals surface area contributed by atoms with Crippen LogP contribution >= 0.6 is 0 Å². The van der Waals surface area contributed by atoms with Gasteiger partial charge in [-0.05, 0) is 103 Å². The molecule has 3 atom stereocenters. The molecule has 67 heavy (non-hydrogen) atoms. The lowest BCUT2D eigenvalue weighted by Crippen LogP contribution is -2.52. The highest BCUT2D eigenvalue weighted by Crippen LogP contribution is 2.42. The molecule has 356 valence electrons. The van der Waals surface area contributed by atoms with Crippen LogP contribution in [-0.4, -0.2) is 92.2 Å². The van der Waals surface area contributed by atoms with Crippen LogP contribution < -0.4 is 30.7 Å². The predicted molar refractivity (Wildman–Crippen MR) is 254 cm³/mol. The highest BCUT2D eigenvalue weighted by atomic mass is 16.5. The molecule has 3 aliphatic rings. The summed E-state index contributed by atoms with van der Waals surface area (Å²) in [6.45, 7) is 1.67. The number of benzene rings is 4. The molecular formula is C52H63N5O10. The number of nitrogens with two attached hydrogens (primary N) is 1. The SMILES string of the molecule is COC(=O)[C@H](Cc1ccc(N)cc1)NC(=O)C1(c2ccc(OC)cc2)CCCCC1.COc1ccc(C2(C(=O)N[C@@H](Cc3ccc(N4C(=O)[C@H](C)N(C)C4=O)cc3)C(=O)O)CCCCC2)cc1. The number of methoxy groups -OCH3 is 3. The number of carbonyl (C=O) groups excluding carboxylic acids is 5. The third kappa shape index (κ3) is 11.2. The molecule has 0 unspecified atom stereocenters. The molecule has 1 saturated heterocycles. The van der Waals surface area contributed by atoms with Crippen LogP contribution in [0, 0.1) is 0 Å². The zero-order valence-electron chi connectivity index (χ0n) is 39.0. The van der Waals surface area contributed by atoms with Crippen molar-refractivity contribution in [2.75, 3.05) is 39.0 Å². The summed E-state index contributed by atoms with van der Waals surface area (Å²) in [7, 11) is 6.12. The van der Waals surface area contributed by atoms with Crippen molar-refractivity contribution in [3.8, 4) is 11.5 Å². The summed E-state index contributed by atoms with van der Waals surface area (Å²) in [4.78, 5) is 79.2. The van der Waals surface area contributed by atoms with Crippen LogP contribution in [0.4, 0.5) is 16.2 Å². The molecule has 2 saturated carbocycles. The molecular weight excluding hydrogens is 855 g/mol. The Bertz CT molecular complexity index is 2340. The van der Waals surface area contributed by atoms with E-state index in [9.17, 15) is 33.9 Å². The number of nitrogens with zero attached hydrogens (tertiary/aromatic N) is 2. The third-order valence-corrected chi connectivity index (χ3v) is 13.7. The summed E-state index contributed by atoms with van der Waals surface area (Å²) in [5.41, 5.74) is 8.77. The molecule has 4 aromatic rings. The average molecular weight is 918 g/mol. The number of amides is 5. The van der Waals surface area contributed by atoms with Gasteiger partial charge in [0.15, 0.2) is 0 Å². The second kappa shape index (κ2) is 22.1. The molecule has 5 amide bonds. The number of ether oxygens (including phenoxy) is 3. The Kier molecular flexibility index (Phi) is 16.3. The molecule has 0 spiro atoms. The summed E-state index contributed by atoms with van der Waals surface area (Å²) in [5, 5.41) is 15.7. The van der Waals surface area contributed by atoms with Gasteiger partial charge in [-0.25, -0.2) is 19.3 Å². The van der Waals surface area contributed by atoms with Crippen molar-refractivity contribution in [1.82, 2.24) is 15.5 Å². The van der Waals surface area contributed by atoms with Gasteiger partial charge in [0.05, 0.1) is 37.8 Å². The Labute approximate surface area is 392 Å². The van der Waals surface area contributed by atoms with Crippen LogP contribution in [-0.2, 0) is 52.4 Å². The first-order chi connectivity index (χ1) is 32.2. The number of carbonyl (C=O) groups is 6. The highest BCUT2D eigenvalue weighted by Gasteiger charge is 2.45. The average Bonchev–Trinajstić information content (AvgIpc) is 3.55. The van der Waals surface area contributed by atoms with Crippen LogP contribution in [0.1, 0.15) is 93.4 Å². The number of carboxylic acid groups (broad SMARTS) is 1. The van der Waals surface area contributed by atoms with Crippen molar-refractivity contribution < 1.29 is 48.1 Å². The first-order valence-electron chi connectivity index (χ1n) is 22.9. The molecule has 5 N–H and O–H groups in total. The number of anilines is 2. The fourth-order valence-electron chi connectivity index (χ4n) is 9.47. The van der Waals surface area contributed by atoms with Crippen molar-refractivity contribution in [1.29, 1.82) is 0 Å². The second-order valence-corrected chi connectivity index (χ2v) is 17.7. The summed E-state index contributed by atoms with van der Waals surface area (Å²) >= 11 is 0. The van der Waals surface area contributed by atoms with E-state index >= 15 is 0 Å². The first-order valence-corrected chi connectivity index (χ1v) is 22.9. The van der Waals surface area contributed by atoms with Crippen molar-refractivity contribution in [3.63, 3.8) is 0 Å². The van der Waals surface area contributed by atoms with Gasteiger partial charge in [0.2, 0.25) is 11.8 Å². The van der Waals surface area contributed by atoms with Crippen LogP contribution in [0.5, 0.6) is 11.5 Å². The first kappa shape index (κ1) is 49.5. The zero-order chi connectivity index (χ0) is 48.3. The number of esters is 1. The number of hydrogen-bond acceptors (Lipinski definition) is 10. The Balaban J connectivity index is 0.000000226. The Morgan fingerprint density at radius 3 is 1.46 bits per heavy atom. The molecule has 15 heteroatoms. The van der Waals surface area contributed by atoms with Crippen LogP contribution in [0.15, 0.2) is 97.1 Å². The number of hydrogen-bond donors (Lipinski definition) is 4. The number of aliphatic carboxylic acids is 1. The molecule has 4 aromatic carbocycles. The van der Waals surface area contributed by atoms with E-state index in [1.54, 1.807) is 64.6 Å². The van der Waals surface area contributed by atoms with E-state index in [4.69, 9.17) is 19.9 Å². The van der Waals surface area contributed by atoms with Crippen molar-refractivity contribution >= 4 is 47.1 Å². The standard InChI is InChI=1S/C28H33N3O6.C24H30N2O4/c1-18-24(32)31(27(36)30(18)2)21-11-7-19(8-12-21)17-23(25(33)34)29-26(35)28(15-5-4-6-16-28)20-9-13-22(37-3)14-10-20;1-29-20-12-8-18(9-13-20)24(14-4-3-5-15-24)23(28)26-21(22(27)30-2)16-17-6-10-19(25)11-7-17/h7-14,18,23H,4-6,15-17H2,1-3H3,(H,29,35)(H,33,34);6-13,21H,3-5,14-16,25H2,1-2H3,(H,26,28)/t18-,23-;21-/m00/s1. The van der Waals surface area contributed by atoms with Gasteiger partial charge in [-0.1, -0.05) is 87.1 Å². The summed E-state index contributed by atoms with van der Waals surface area (Å²) in [5.74, 6) is -0.863. The van der Waals surface area contributed by atoms with Gasteiger partial charge in [-0.2, -0.15) is 0 Å². The van der Waals surface area contributed by atoms with Crippen LogP contribution in [0.25, 0.3) is 0 Å². The zero-order valence-corrected chi connectivity index (χ0v) is 39.0. The minimum Gasteiger partial charge on any atom is -0.497 e. The lowest BCUT2D eigenvalue weighted by atomic mass is 9.68. The Hall–Kier alpha value is -6.90. The molecule has 1 aliphatic heterocycles. The number of nitrogens with one attached hydrogen (secondary N) is 2. The maximum absolute atomic E-state index is 13.6. The summed E-state index contributed by atoms with van der Waals surface area (Å²) < 4.78 is 15.5. The van der Waals surface area contributed by atoms with Crippen molar-refractivity contribution in [2.45, 2.75) is 113 Å². The van der Waals surface area contributed by atoms with Crippen LogP contribution in [0.3, 0.4) is 0 Å². The molecule has 7 rings (SSSR count). The van der Waals surface area contributed by atoms with Crippen LogP contribution in [0.2, 0.25) is 0 Å². The topological polar surface area (TPSA) is 207 Å². The highest BCUT2D eigenvalue weighted by molar-refractivity contribution is 6.21. The smallest absolute Gasteiger partial charge is 0.331 e. The minimum atomic E-state index is -1.13. The number of likely N-dealkylation sites (N-methyl/N-ethyl adjacent to an activating group) is 1. The summed E-state index contributed by atoms with van der Waals surface area (Å²) in [6, 6.07) is 26.1.